The zero-order valence-corrected chi connectivity index (χ0v) is 19.3. The molecule has 182 valence electrons. The average Bonchev–Trinajstić information content (AvgIpc) is 3.08. The minimum absolute atomic E-state index is 0.146. The molecule has 1 spiro atoms. The average molecular weight is 474 g/mol. The van der Waals surface area contributed by atoms with E-state index < -0.39 is 12.0 Å². The van der Waals surface area contributed by atoms with E-state index >= 15 is 0 Å². The largest absolute Gasteiger partial charge is 0.451 e. The van der Waals surface area contributed by atoms with Crippen molar-refractivity contribution in [1.29, 1.82) is 0 Å². The van der Waals surface area contributed by atoms with Crippen LogP contribution >= 0.6 is 0 Å². The normalized spacial score (nSPS) is 27.9. The summed E-state index contributed by atoms with van der Waals surface area (Å²) in [5.41, 5.74) is 1.07. The molecule has 0 radical (unpaired) electrons. The van der Waals surface area contributed by atoms with Crippen molar-refractivity contribution in [3.8, 4) is 0 Å². The maximum atomic E-state index is 13.6. The quantitative estimate of drug-likeness (QED) is 0.667. The van der Waals surface area contributed by atoms with Gasteiger partial charge < -0.3 is 10.2 Å². The van der Waals surface area contributed by atoms with Crippen LogP contribution in [-0.4, -0.2) is 46.6 Å². The van der Waals surface area contributed by atoms with Crippen LogP contribution in [0.4, 0.5) is 23.7 Å². The summed E-state index contributed by atoms with van der Waals surface area (Å²) < 4.78 is 38.8. The molecule has 2 saturated carbocycles. The van der Waals surface area contributed by atoms with Crippen LogP contribution in [0.3, 0.4) is 0 Å². The lowest BCUT2D eigenvalue weighted by molar-refractivity contribution is -0.144. The Morgan fingerprint density at radius 2 is 1.71 bits per heavy atom. The molecule has 0 unspecified atom stereocenters. The lowest BCUT2D eigenvalue weighted by Crippen LogP contribution is -2.56. The van der Waals surface area contributed by atoms with Gasteiger partial charge in [0.2, 0.25) is 5.82 Å². The molecule has 1 aromatic carbocycles. The number of alkyl halides is 3. The third kappa shape index (κ3) is 3.93. The highest BCUT2D eigenvalue weighted by molar-refractivity contribution is 5.95. The second-order valence-electron chi connectivity index (χ2n) is 9.96. The number of nitrogens with one attached hydrogen (secondary N) is 1. The van der Waals surface area contributed by atoms with E-state index in [9.17, 15) is 18.0 Å². The first-order valence-electron chi connectivity index (χ1n) is 12.0. The van der Waals surface area contributed by atoms with Gasteiger partial charge in [0.15, 0.2) is 0 Å². The van der Waals surface area contributed by atoms with Crippen molar-refractivity contribution in [2.45, 2.75) is 62.2 Å². The van der Waals surface area contributed by atoms with Crippen molar-refractivity contribution in [3.63, 3.8) is 0 Å². The van der Waals surface area contributed by atoms with Crippen LogP contribution in [0.1, 0.15) is 56.3 Å². The fourth-order valence-electron chi connectivity index (χ4n) is 5.82. The van der Waals surface area contributed by atoms with E-state index in [1.54, 1.807) is 4.90 Å². The molecule has 1 N–H and O–H groups in total. The second-order valence-corrected chi connectivity index (χ2v) is 9.96. The van der Waals surface area contributed by atoms with Gasteiger partial charge in [0.25, 0.3) is 0 Å². The Morgan fingerprint density at radius 1 is 1.06 bits per heavy atom. The van der Waals surface area contributed by atoms with Gasteiger partial charge in [0.05, 0.1) is 30.2 Å². The Hall–Kier alpha value is -2.68. The van der Waals surface area contributed by atoms with Crippen LogP contribution in [0.5, 0.6) is 0 Å². The van der Waals surface area contributed by atoms with E-state index in [1.165, 1.54) is 12.0 Å². The van der Waals surface area contributed by atoms with Crippen LogP contribution in [0.2, 0.25) is 0 Å². The summed E-state index contributed by atoms with van der Waals surface area (Å²) in [6, 6.07) is 10.3. The third-order valence-electron chi connectivity index (χ3n) is 8.19. The molecule has 2 heterocycles. The van der Waals surface area contributed by atoms with E-state index in [1.807, 2.05) is 30.1 Å². The molecule has 1 saturated heterocycles. The fraction of sp³-hybridized carbons (Fsp3) is 0.560. The number of aromatic nitrogens is 2. The number of urea groups is 1. The highest BCUT2D eigenvalue weighted by atomic mass is 19.4. The van der Waals surface area contributed by atoms with Gasteiger partial charge in [0.1, 0.15) is 0 Å². The van der Waals surface area contributed by atoms with Gasteiger partial charge in [0, 0.05) is 12.1 Å². The monoisotopic (exact) mass is 473 g/mol. The van der Waals surface area contributed by atoms with Gasteiger partial charge in [-0.25, -0.2) is 14.8 Å². The van der Waals surface area contributed by atoms with E-state index in [0.717, 1.165) is 50.9 Å². The molecular weight excluding hydrogens is 443 g/mol. The summed E-state index contributed by atoms with van der Waals surface area (Å²) in [6.07, 6.45) is 4.45. The first-order valence-corrected chi connectivity index (χ1v) is 12.0. The number of rotatable bonds is 5. The Morgan fingerprint density at radius 3 is 2.24 bits per heavy atom. The molecule has 0 atom stereocenters. The molecule has 2 aliphatic carbocycles. The first-order chi connectivity index (χ1) is 16.3. The van der Waals surface area contributed by atoms with Crippen LogP contribution in [0.15, 0.2) is 42.7 Å². The Balaban J connectivity index is 1.42. The zero-order chi connectivity index (χ0) is 24.0. The predicted octanol–water partition coefficient (Wildman–Crippen LogP) is 4.97. The van der Waals surface area contributed by atoms with Gasteiger partial charge in [-0.2, -0.15) is 13.2 Å². The lowest BCUT2D eigenvalue weighted by atomic mass is 9.68. The maximum Gasteiger partial charge on any atom is 0.451 e. The molecule has 5 rings (SSSR count). The standard InChI is InChI=1S/C25H30F3N5O/c1-29-24(19-8-3-2-4-9-19)12-10-23(11-13-24)17-32(22(34)33(23)16-18-6-5-7-18)20-14-30-21(31-15-20)25(26,27)28/h2-4,8-9,14-15,18,29H,5-7,10-13,16-17H2,1H3/t23-,24+. The number of hydrogen-bond donors (Lipinski definition) is 1. The van der Waals surface area contributed by atoms with Crippen molar-refractivity contribution >= 4 is 11.7 Å². The summed E-state index contributed by atoms with van der Waals surface area (Å²) in [4.78, 5) is 24.2. The van der Waals surface area contributed by atoms with Crippen LogP contribution in [0.25, 0.3) is 0 Å². The van der Waals surface area contributed by atoms with E-state index in [0.29, 0.717) is 24.7 Å². The zero-order valence-electron chi connectivity index (χ0n) is 19.3. The minimum atomic E-state index is -4.61. The van der Waals surface area contributed by atoms with Crippen molar-refractivity contribution in [3.05, 3.63) is 54.1 Å². The molecule has 2 amide bonds. The number of benzene rings is 1. The third-order valence-corrected chi connectivity index (χ3v) is 8.19. The number of halogens is 3. The van der Waals surface area contributed by atoms with Gasteiger partial charge in [-0.15, -0.1) is 0 Å². The minimum Gasteiger partial charge on any atom is -0.317 e. The van der Waals surface area contributed by atoms with Crippen molar-refractivity contribution < 1.29 is 18.0 Å². The van der Waals surface area contributed by atoms with Gasteiger partial charge in [-0.1, -0.05) is 36.8 Å². The van der Waals surface area contributed by atoms with Gasteiger partial charge >= 0.3 is 12.2 Å². The molecule has 2 aromatic rings. The number of amides is 2. The summed E-state index contributed by atoms with van der Waals surface area (Å²) in [7, 11) is 1.99. The SMILES string of the molecule is CN[C@]1(c2ccccc2)CC[C@]2(CC1)CN(c1cnc(C(F)(F)F)nc1)C(=O)N2CC1CCC1. The molecule has 9 heteroatoms. The number of carbonyl (C=O) groups is 1. The molecule has 1 aliphatic heterocycles. The molecule has 1 aromatic heterocycles. The molecule has 3 aliphatic rings. The Labute approximate surface area is 197 Å². The number of anilines is 1. The molecule has 6 nitrogen and oxygen atoms in total. The topological polar surface area (TPSA) is 61.4 Å². The summed E-state index contributed by atoms with van der Waals surface area (Å²) >= 11 is 0. The number of carbonyl (C=O) groups excluding carboxylic acids is 1. The highest BCUT2D eigenvalue weighted by Gasteiger charge is 2.54. The van der Waals surface area contributed by atoms with Crippen LogP contribution < -0.4 is 10.2 Å². The van der Waals surface area contributed by atoms with Crippen LogP contribution in [-0.2, 0) is 11.7 Å². The van der Waals surface area contributed by atoms with Crippen molar-refractivity contribution in [2.24, 2.45) is 5.92 Å². The van der Waals surface area contributed by atoms with Crippen molar-refractivity contribution in [1.82, 2.24) is 20.2 Å². The summed E-state index contributed by atoms with van der Waals surface area (Å²) in [5.74, 6) is -0.696. The number of nitrogens with zero attached hydrogens (tertiary/aromatic N) is 4. The lowest BCUT2D eigenvalue weighted by Gasteiger charge is -2.49. The summed E-state index contributed by atoms with van der Waals surface area (Å²) in [6.45, 7) is 1.15. The Bertz CT molecular complexity index is 1020. The fourth-order valence-corrected chi connectivity index (χ4v) is 5.82. The number of hydrogen-bond acceptors (Lipinski definition) is 4. The summed E-state index contributed by atoms with van der Waals surface area (Å²) in [5, 5.41) is 3.55. The first kappa shape index (κ1) is 23.1. The molecule has 34 heavy (non-hydrogen) atoms. The molecule has 3 fully saturated rings. The van der Waals surface area contributed by atoms with E-state index in [4.69, 9.17) is 0 Å². The second kappa shape index (κ2) is 8.52. The predicted molar refractivity (Wildman–Crippen MR) is 122 cm³/mol. The van der Waals surface area contributed by atoms with Crippen molar-refractivity contribution in [2.75, 3.05) is 25.0 Å². The Kier molecular flexibility index (Phi) is 5.78. The van der Waals surface area contributed by atoms with Gasteiger partial charge in [-0.3, -0.25) is 4.90 Å². The van der Waals surface area contributed by atoms with E-state index in [-0.39, 0.29) is 17.1 Å². The molecule has 0 bridgehead atoms. The smallest absolute Gasteiger partial charge is 0.317 e. The molecular formula is C25H30F3N5O. The van der Waals surface area contributed by atoms with E-state index in [2.05, 4.69) is 27.4 Å². The maximum absolute atomic E-state index is 13.6. The highest BCUT2D eigenvalue weighted by Crippen LogP contribution is 2.48. The van der Waals surface area contributed by atoms with Gasteiger partial charge in [-0.05, 0) is 57.1 Å². The van der Waals surface area contributed by atoms with Crippen LogP contribution in [0, 0.1) is 5.92 Å².